The summed E-state index contributed by atoms with van der Waals surface area (Å²) in [6, 6.07) is 30.7. The lowest BCUT2D eigenvalue weighted by Crippen LogP contribution is -2.41. The van der Waals surface area contributed by atoms with Gasteiger partial charge in [-0.3, -0.25) is 9.98 Å². The molecule has 3 aromatic carbocycles. The Morgan fingerprint density at radius 3 is 2.20 bits per heavy atom. The van der Waals surface area contributed by atoms with Crippen molar-refractivity contribution in [1.82, 2.24) is 4.98 Å². The molecule has 2 aliphatic heterocycles. The van der Waals surface area contributed by atoms with E-state index in [1.807, 2.05) is 30.9 Å². The lowest BCUT2D eigenvalue weighted by atomic mass is 9.76. The first-order valence-electron chi connectivity index (χ1n) is 16.0. The minimum absolute atomic E-state index is 0.208. The molecule has 5 heteroatoms. The third kappa shape index (κ3) is 6.03. The van der Waals surface area contributed by atoms with E-state index in [1.54, 1.807) is 0 Å². The Morgan fingerprint density at radius 1 is 0.733 bits per heavy atom. The molecular formula is C40H39BN2O2. The Labute approximate surface area is 267 Å². The van der Waals surface area contributed by atoms with E-state index in [4.69, 9.17) is 9.31 Å². The third-order valence-corrected chi connectivity index (χ3v) is 9.69. The van der Waals surface area contributed by atoms with Crippen LogP contribution in [0.2, 0.25) is 0 Å². The molecule has 0 amide bonds. The van der Waals surface area contributed by atoms with Crippen LogP contribution in [0.3, 0.4) is 0 Å². The highest BCUT2D eigenvalue weighted by Crippen LogP contribution is 2.41. The second kappa shape index (κ2) is 11.9. The molecule has 1 fully saturated rings. The van der Waals surface area contributed by atoms with Crippen molar-refractivity contribution in [3.8, 4) is 11.1 Å². The molecule has 4 aromatic rings. The Bertz CT molecular complexity index is 1840. The van der Waals surface area contributed by atoms with Gasteiger partial charge in [-0.1, -0.05) is 84.9 Å². The third-order valence-electron chi connectivity index (χ3n) is 9.69. The molecule has 7 rings (SSSR count). The summed E-state index contributed by atoms with van der Waals surface area (Å²) in [4.78, 5) is 8.79. The number of aromatic nitrogens is 1. The minimum Gasteiger partial charge on any atom is -0.399 e. The summed E-state index contributed by atoms with van der Waals surface area (Å²) in [5.41, 5.74) is 11.3. The molecule has 0 radical (unpaired) electrons. The van der Waals surface area contributed by atoms with E-state index in [-0.39, 0.29) is 17.1 Å². The topological polar surface area (TPSA) is 43.7 Å². The zero-order valence-electron chi connectivity index (χ0n) is 26.5. The number of allylic oxidation sites excluding steroid dienone is 5. The fourth-order valence-electron chi connectivity index (χ4n) is 6.37. The van der Waals surface area contributed by atoms with E-state index in [0.29, 0.717) is 0 Å². The molecule has 1 unspecified atom stereocenters. The molecule has 0 saturated carbocycles. The summed E-state index contributed by atoms with van der Waals surface area (Å²) >= 11 is 0. The van der Waals surface area contributed by atoms with Crippen molar-refractivity contribution >= 4 is 35.5 Å². The molecule has 1 aromatic heterocycles. The maximum Gasteiger partial charge on any atom is 0.494 e. The number of aliphatic imine (C=N–C) groups is 1. The predicted molar refractivity (Wildman–Crippen MR) is 187 cm³/mol. The van der Waals surface area contributed by atoms with E-state index >= 15 is 0 Å². The highest BCUT2D eigenvalue weighted by molar-refractivity contribution is 6.62. The van der Waals surface area contributed by atoms with Gasteiger partial charge < -0.3 is 9.31 Å². The van der Waals surface area contributed by atoms with Gasteiger partial charge in [0.05, 0.1) is 11.2 Å². The van der Waals surface area contributed by atoms with E-state index in [2.05, 4.69) is 129 Å². The average molecular weight is 591 g/mol. The van der Waals surface area contributed by atoms with Crippen LogP contribution in [0.4, 0.5) is 0 Å². The van der Waals surface area contributed by atoms with Crippen molar-refractivity contribution in [2.24, 2.45) is 4.99 Å². The maximum absolute atomic E-state index is 6.43. The Hall–Kier alpha value is -4.32. The van der Waals surface area contributed by atoms with E-state index < -0.39 is 7.12 Å². The zero-order chi connectivity index (χ0) is 31.0. The van der Waals surface area contributed by atoms with Gasteiger partial charge in [-0.2, -0.15) is 0 Å². The minimum atomic E-state index is -0.399. The lowest BCUT2D eigenvalue weighted by Gasteiger charge is -2.32. The average Bonchev–Trinajstić information content (AvgIpc) is 3.31. The van der Waals surface area contributed by atoms with E-state index in [9.17, 15) is 0 Å². The largest absolute Gasteiger partial charge is 0.494 e. The van der Waals surface area contributed by atoms with Crippen LogP contribution in [0.1, 0.15) is 75.1 Å². The molecule has 0 bridgehead atoms. The molecule has 224 valence electrons. The first-order valence-corrected chi connectivity index (χ1v) is 16.0. The van der Waals surface area contributed by atoms with Crippen LogP contribution in [0.25, 0.3) is 27.8 Å². The Kier molecular flexibility index (Phi) is 7.77. The van der Waals surface area contributed by atoms with Gasteiger partial charge >= 0.3 is 7.12 Å². The second-order valence-electron chi connectivity index (χ2n) is 13.3. The standard InChI is InChI=1S/C40H39BN2O2/c1-39(2)40(3,4)45-41(44-39)38-17-7-14-32(25-38)37-23-35(30-12-5-10-28(20-30)33-15-8-18-42-26-33)22-36(24-37)31-13-6-11-29(21-31)34-16-9-19-43-27-34/h5-8,10-15,17-22,24-27,35H,9,16,23H2,1-4H3. The monoisotopic (exact) mass is 590 g/mol. The summed E-state index contributed by atoms with van der Waals surface area (Å²) in [5, 5.41) is 0. The lowest BCUT2D eigenvalue weighted by molar-refractivity contribution is 0.00578. The summed E-state index contributed by atoms with van der Waals surface area (Å²) < 4.78 is 12.9. The van der Waals surface area contributed by atoms with Crippen molar-refractivity contribution in [2.75, 3.05) is 0 Å². The highest BCUT2D eigenvalue weighted by Gasteiger charge is 2.51. The van der Waals surface area contributed by atoms with Crippen LogP contribution in [-0.4, -0.2) is 29.5 Å². The molecule has 45 heavy (non-hydrogen) atoms. The second-order valence-corrected chi connectivity index (χ2v) is 13.3. The molecule has 4 nitrogen and oxygen atoms in total. The highest BCUT2D eigenvalue weighted by atomic mass is 16.7. The summed E-state index contributed by atoms with van der Waals surface area (Å²) in [5.74, 6) is 0.208. The van der Waals surface area contributed by atoms with Crippen molar-refractivity contribution in [1.29, 1.82) is 0 Å². The number of pyridine rings is 1. The van der Waals surface area contributed by atoms with Crippen molar-refractivity contribution in [2.45, 2.75) is 64.1 Å². The molecular weight excluding hydrogens is 551 g/mol. The Morgan fingerprint density at radius 2 is 1.44 bits per heavy atom. The first-order chi connectivity index (χ1) is 21.8. The molecule has 0 spiro atoms. The van der Waals surface area contributed by atoms with Gasteiger partial charge in [0.15, 0.2) is 0 Å². The molecule has 0 N–H and O–H groups in total. The van der Waals surface area contributed by atoms with Gasteiger partial charge in [0, 0.05) is 30.7 Å². The smallest absolute Gasteiger partial charge is 0.399 e. The Balaban J connectivity index is 1.28. The fourth-order valence-corrected chi connectivity index (χ4v) is 6.37. The van der Waals surface area contributed by atoms with Crippen LogP contribution in [0.5, 0.6) is 0 Å². The quantitative estimate of drug-likeness (QED) is 0.211. The molecule has 3 aliphatic rings. The van der Waals surface area contributed by atoms with Gasteiger partial charge in [0.1, 0.15) is 0 Å². The van der Waals surface area contributed by atoms with Crippen LogP contribution < -0.4 is 5.46 Å². The number of benzene rings is 3. The number of rotatable bonds is 6. The van der Waals surface area contributed by atoms with Gasteiger partial charge in [-0.05, 0) is 115 Å². The zero-order valence-corrected chi connectivity index (χ0v) is 26.5. The summed E-state index contributed by atoms with van der Waals surface area (Å²) in [6.07, 6.45) is 15.5. The van der Waals surface area contributed by atoms with E-state index in [0.717, 1.165) is 30.3 Å². The first kappa shape index (κ1) is 29.4. The van der Waals surface area contributed by atoms with E-state index in [1.165, 1.54) is 44.5 Å². The van der Waals surface area contributed by atoms with Crippen LogP contribution >= 0.6 is 0 Å². The van der Waals surface area contributed by atoms with Gasteiger partial charge in [-0.25, -0.2) is 0 Å². The molecule has 1 saturated heterocycles. The normalized spacial score (nSPS) is 20.4. The summed E-state index contributed by atoms with van der Waals surface area (Å²) in [7, 11) is -0.399. The number of hydrogen-bond donors (Lipinski definition) is 0. The maximum atomic E-state index is 6.43. The molecule has 1 atom stereocenters. The van der Waals surface area contributed by atoms with Crippen LogP contribution in [-0.2, 0) is 9.31 Å². The van der Waals surface area contributed by atoms with Gasteiger partial charge in [0.2, 0.25) is 0 Å². The van der Waals surface area contributed by atoms with Gasteiger partial charge in [-0.15, -0.1) is 0 Å². The SMILES string of the molecule is CC1(C)OB(c2cccc(C3=CC(c4cccc(C5=CN=CCC5)c4)=CC(c4cccc(-c5cccnc5)c4)C3)c2)OC1(C)C. The van der Waals surface area contributed by atoms with Gasteiger partial charge in [0.25, 0.3) is 0 Å². The van der Waals surface area contributed by atoms with Crippen molar-refractivity contribution in [3.63, 3.8) is 0 Å². The van der Waals surface area contributed by atoms with Crippen LogP contribution in [0.15, 0.2) is 121 Å². The van der Waals surface area contributed by atoms with Crippen LogP contribution in [0, 0.1) is 0 Å². The molecule has 1 aliphatic carbocycles. The fraction of sp³-hybridized carbons (Fsp3) is 0.250. The molecule has 3 heterocycles. The van der Waals surface area contributed by atoms with Crippen molar-refractivity contribution < 1.29 is 9.31 Å². The van der Waals surface area contributed by atoms with Crippen molar-refractivity contribution in [3.05, 3.63) is 138 Å². The number of nitrogens with zero attached hydrogens (tertiary/aromatic N) is 2. The number of hydrogen-bond acceptors (Lipinski definition) is 4. The predicted octanol–water partition coefficient (Wildman–Crippen LogP) is 8.91. The summed E-state index contributed by atoms with van der Waals surface area (Å²) in [6.45, 7) is 8.41.